The van der Waals surface area contributed by atoms with Gasteiger partial charge in [0.25, 0.3) is 11.8 Å². The topological polar surface area (TPSA) is 126 Å². The fourth-order valence-corrected chi connectivity index (χ4v) is 4.56. The predicted molar refractivity (Wildman–Crippen MR) is 143 cm³/mol. The van der Waals surface area contributed by atoms with E-state index in [1.807, 2.05) is 0 Å². The summed E-state index contributed by atoms with van der Waals surface area (Å²) < 4.78 is 0. The van der Waals surface area contributed by atoms with Gasteiger partial charge in [-0.15, -0.1) is 11.3 Å². The monoisotopic (exact) mass is 532 g/mol. The standard InChI is InChI=1S/C26H21ClN6O3S/c1-15-13-19(27)3-4-20(15)31-25(36)21(32-33-24(35)17-5-9-28-10-6-17)14-22(34)23-16(2)30-26(37-23)18-7-11-29-12-8-18/h3-13H,14H2,1-2H3,(H,31,36)(H,33,35)/b32-21-. The number of thiazole rings is 1. The summed E-state index contributed by atoms with van der Waals surface area (Å²) in [5, 5.41) is 7.94. The van der Waals surface area contributed by atoms with Crippen molar-refractivity contribution in [3.05, 3.63) is 94.0 Å². The van der Waals surface area contributed by atoms with Crippen molar-refractivity contribution in [3.63, 3.8) is 0 Å². The Morgan fingerprint density at radius 2 is 1.65 bits per heavy atom. The normalized spacial score (nSPS) is 11.2. The van der Waals surface area contributed by atoms with Crippen molar-refractivity contribution in [2.75, 3.05) is 5.32 Å². The van der Waals surface area contributed by atoms with Gasteiger partial charge in [-0.2, -0.15) is 5.10 Å². The Kier molecular flexibility index (Phi) is 8.11. The van der Waals surface area contributed by atoms with E-state index in [0.29, 0.717) is 31.9 Å². The molecule has 0 radical (unpaired) electrons. The van der Waals surface area contributed by atoms with Gasteiger partial charge in [-0.1, -0.05) is 11.6 Å². The smallest absolute Gasteiger partial charge is 0.272 e. The SMILES string of the molecule is Cc1cc(Cl)ccc1NC(=O)/C(CC(=O)c1sc(-c2ccncc2)nc1C)=N\NC(=O)c1ccncc1. The highest BCUT2D eigenvalue weighted by Crippen LogP contribution is 2.28. The van der Waals surface area contributed by atoms with Crippen LogP contribution in [-0.2, 0) is 4.79 Å². The number of carbonyl (C=O) groups is 3. The summed E-state index contributed by atoms with van der Waals surface area (Å²) in [5.74, 6) is -1.53. The molecule has 11 heteroatoms. The lowest BCUT2D eigenvalue weighted by Gasteiger charge is -2.11. The maximum Gasteiger partial charge on any atom is 0.272 e. The summed E-state index contributed by atoms with van der Waals surface area (Å²) in [6.07, 6.45) is 5.87. The van der Waals surface area contributed by atoms with Crippen LogP contribution >= 0.6 is 22.9 Å². The maximum atomic E-state index is 13.3. The molecule has 0 saturated carbocycles. The van der Waals surface area contributed by atoms with Crippen molar-refractivity contribution in [1.29, 1.82) is 0 Å². The summed E-state index contributed by atoms with van der Waals surface area (Å²) in [4.78, 5) is 51.7. The summed E-state index contributed by atoms with van der Waals surface area (Å²) in [6.45, 7) is 3.52. The molecule has 0 saturated heterocycles. The number of Topliss-reactive ketones (excluding diaryl/α,β-unsaturated/α-hetero) is 1. The van der Waals surface area contributed by atoms with E-state index in [9.17, 15) is 14.4 Å². The fraction of sp³-hybridized carbons (Fsp3) is 0.115. The van der Waals surface area contributed by atoms with Crippen LogP contribution in [0.3, 0.4) is 0 Å². The van der Waals surface area contributed by atoms with Crippen LogP contribution < -0.4 is 10.7 Å². The minimum Gasteiger partial charge on any atom is -0.321 e. The minimum atomic E-state index is -0.634. The second kappa shape index (κ2) is 11.6. The summed E-state index contributed by atoms with van der Waals surface area (Å²) in [5.41, 5.74) is 5.10. The lowest BCUT2D eigenvalue weighted by atomic mass is 10.1. The zero-order chi connectivity index (χ0) is 26.4. The van der Waals surface area contributed by atoms with Crippen LogP contribution in [0.1, 0.15) is 37.7 Å². The van der Waals surface area contributed by atoms with Crippen LogP contribution in [0, 0.1) is 13.8 Å². The van der Waals surface area contributed by atoms with Gasteiger partial charge in [0.1, 0.15) is 10.7 Å². The number of rotatable bonds is 8. The third-order valence-corrected chi connectivity index (χ3v) is 6.72. The Bertz CT molecular complexity index is 1490. The van der Waals surface area contributed by atoms with Crippen molar-refractivity contribution in [2.24, 2.45) is 5.10 Å². The molecule has 4 aromatic rings. The zero-order valence-corrected chi connectivity index (χ0v) is 21.4. The average Bonchev–Trinajstić information content (AvgIpc) is 3.30. The molecule has 4 rings (SSSR count). The lowest BCUT2D eigenvalue weighted by molar-refractivity contribution is -0.110. The number of carbonyl (C=O) groups excluding carboxylic acids is 3. The van der Waals surface area contributed by atoms with Crippen LogP contribution in [0.25, 0.3) is 10.6 Å². The molecule has 2 N–H and O–H groups in total. The van der Waals surface area contributed by atoms with Crippen molar-refractivity contribution >= 4 is 51.9 Å². The molecule has 0 bridgehead atoms. The van der Waals surface area contributed by atoms with E-state index in [1.165, 1.54) is 35.9 Å². The van der Waals surface area contributed by atoms with Gasteiger partial charge in [-0.3, -0.25) is 24.4 Å². The fourth-order valence-electron chi connectivity index (χ4n) is 3.32. The Hall–Kier alpha value is -4.28. The number of aromatic nitrogens is 3. The molecule has 0 atom stereocenters. The Balaban J connectivity index is 1.59. The van der Waals surface area contributed by atoms with Crippen molar-refractivity contribution in [2.45, 2.75) is 20.3 Å². The summed E-state index contributed by atoms with van der Waals surface area (Å²) >= 11 is 7.23. The molecule has 0 fully saturated rings. The molecule has 0 aliphatic carbocycles. The number of nitrogens with one attached hydrogen (secondary N) is 2. The number of anilines is 1. The van der Waals surface area contributed by atoms with E-state index in [2.05, 4.69) is 30.8 Å². The number of nitrogens with zero attached hydrogens (tertiary/aromatic N) is 4. The van der Waals surface area contributed by atoms with E-state index < -0.39 is 11.8 Å². The molecule has 0 aliphatic heterocycles. The Morgan fingerprint density at radius 1 is 0.973 bits per heavy atom. The van der Waals surface area contributed by atoms with Crippen LogP contribution in [0.5, 0.6) is 0 Å². The van der Waals surface area contributed by atoms with Gasteiger partial charge in [0.05, 0.1) is 17.0 Å². The van der Waals surface area contributed by atoms with E-state index in [4.69, 9.17) is 11.6 Å². The third-order valence-electron chi connectivity index (χ3n) is 5.24. The molecule has 186 valence electrons. The van der Waals surface area contributed by atoms with Gasteiger partial charge >= 0.3 is 0 Å². The number of pyridine rings is 2. The first kappa shape index (κ1) is 25.8. The van der Waals surface area contributed by atoms with E-state index in [1.54, 1.807) is 56.6 Å². The van der Waals surface area contributed by atoms with Crippen molar-refractivity contribution in [1.82, 2.24) is 20.4 Å². The first-order chi connectivity index (χ1) is 17.8. The van der Waals surface area contributed by atoms with Gasteiger partial charge in [0.2, 0.25) is 0 Å². The molecule has 0 unspecified atom stereocenters. The number of hydrogen-bond acceptors (Lipinski definition) is 8. The molecule has 37 heavy (non-hydrogen) atoms. The summed E-state index contributed by atoms with van der Waals surface area (Å²) in [6, 6.07) is 11.6. The average molecular weight is 533 g/mol. The lowest BCUT2D eigenvalue weighted by Crippen LogP contribution is -2.29. The molecule has 1 aromatic carbocycles. The second-order valence-electron chi connectivity index (χ2n) is 7.92. The van der Waals surface area contributed by atoms with E-state index in [0.717, 1.165) is 11.1 Å². The highest BCUT2D eigenvalue weighted by molar-refractivity contribution is 7.17. The number of aryl methyl sites for hydroxylation is 2. The quantitative estimate of drug-likeness (QED) is 0.189. The van der Waals surface area contributed by atoms with Crippen molar-refractivity contribution in [3.8, 4) is 10.6 Å². The predicted octanol–water partition coefficient (Wildman–Crippen LogP) is 4.87. The number of halogens is 1. The largest absolute Gasteiger partial charge is 0.321 e. The first-order valence-electron chi connectivity index (χ1n) is 11.1. The van der Waals surface area contributed by atoms with Crippen LogP contribution in [0.2, 0.25) is 5.02 Å². The highest BCUT2D eigenvalue weighted by Gasteiger charge is 2.23. The molecule has 0 spiro atoms. The van der Waals surface area contributed by atoms with Crippen LogP contribution in [-0.4, -0.2) is 38.3 Å². The molecular weight excluding hydrogens is 512 g/mol. The Morgan fingerprint density at radius 3 is 2.32 bits per heavy atom. The summed E-state index contributed by atoms with van der Waals surface area (Å²) in [7, 11) is 0. The number of hydrogen-bond donors (Lipinski definition) is 2. The number of hydrazone groups is 1. The van der Waals surface area contributed by atoms with Gasteiger partial charge in [-0.05, 0) is 61.9 Å². The molecule has 3 aromatic heterocycles. The van der Waals surface area contributed by atoms with Gasteiger partial charge in [0, 0.05) is 46.6 Å². The van der Waals surface area contributed by atoms with Crippen molar-refractivity contribution < 1.29 is 14.4 Å². The first-order valence-corrected chi connectivity index (χ1v) is 12.3. The van der Waals surface area contributed by atoms with Crippen LogP contribution in [0.15, 0.2) is 72.4 Å². The minimum absolute atomic E-state index is 0.167. The Labute approximate surface area is 221 Å². The van der Waals surface area contributed by atoms with E-state index in [-0.39, 0.29) is 17.9 Å². The molecule has 9 nitrogen and oxygen atoms in total. The molecule has 2 amide bonds. The molecule has 3 heterocycles. The zero-order valence-electron chi connectivity index (χ0n) is 19.9. The number of ketones is 1. The molecule has 0 aliphatic rings. The van der Waals surface area contributed by atoms with Crippen LogP contribution in [0.4, 0.5) is 5.69 Å². The maximum absolute atomic E-state index is 13.3. The third kappa shape index (κ3) is 6.49. The number of amides is 2. The second-order valence-corrected chi connectivity index (χ2v) is 9.35. The van der Waals surface area contributed by atoms with Gasteiger partial charge in [-0.25, -0.2) is 10.4 Å². The van der Waals surface area contributed by atoms with Gasteiger partial charge < -0.3 is 5.32 Å². The van der Waals surface area contributed by atoms with E-state index >= 15 is 0 Å². The highest BCUT2D eigenvalue weighted by atomic mass is 35.5. The number of benzene rings is 1. The van der Waals surface area contributed by atoms with Gasteiger partial charge in [0.15, 0.2) is 5.78 Å². The molecular formula is C26H21ClN6O3S.